The summed E-state index contributed by atoms with van der Waals surface area (Å²) >= 11 is 1.88. The molecule has 0 N–H and O–H groups in total. The highest BCUT2D eigenvalue weighted by atomic mass is 32.2. The second kappa shape index (κ2) is 4.00. The Morgan fingerprint density at radius 2 is 2.24 bits per heavy atom. The van der Waals surface area contributed by atoms with Gasteiger partial charge in [0, 0.05) is 29.0 Å². The first kappa shape index (κ1) is 10.5. The normalized spacial score (nSPS) is 14.6. The number of thioether (sulfide) groups is 1. The van der Waals surface area contributed by atoms with Gasteiger partial charge in [0.25, 0.3) is 5.69 Å². The van der Waals surface area contributed by atoms with Gasteiger partial charge in [-0.15, -0.1) is 0 Å². The van der Waals surface area contributed by atoms with Crippen LogP contribution in [-0.4, -0.2) is 15.7 Å². The van der Waals surface area contributed by atoms with Gasteiger partial charge in [-0.2, -0.15) is 11.8 Å². The zero-order valence-electron chi connectivity index (χ0n) is 9.05. The lowest BCUT2D eigenvalue weighted by Crippen LogP contribution is -2.05. The number of nitro groups is 1. The van der Waals surface area contributed by atoms with Crippen LogP contribution in [0.2, 0.25) is 0 Å². The van der Waals surface area contributed by atoms with Crippen LogP contribution in [0.15, 0.2) is 24.3 Å². The number of hydrogen-bond acceptors (Lipinski definition) is 4. The lowest BCUT2D eigenvalue weighted by atomic mass is 10.1. The number of benzene rings is 1. The first-order valence-corrected chi connectivity index (χ1v) is 6.54. The Kier molecular flexibility index (Phi) is 2.48. The minimum atomic E-state index is -0.367. The Morgan fingerprint density at radius 3 is 3.06 bits per heavy atom. The second-order valence-corrected chi connectivity index (χ2v) is 5.14. The standard InChI is InChI=1S/C12H10N2O2S/c15-14(16)10-1-2-11-8(6-10)5-9-7-17-4-3-12(9)13-11/h1-2,5-6H,3-4,7H2. The summed E-state index contributed by atoms with van der Waals surface area (Å²) in [6.45, 7) is 0. The van der Waals surface area contributed by atoms with Gasteiger partial charge in [-0.25, -0.2) is 0 Å². The largest absolute Gasteiger partial charge is 0.270 e. The number of hydrogen-bond donors (Lipinski definition) is 0. The van der Waals surface area contributed by atoms with E-state index in [4.69, 9.17) is 0 Å². The van der Waals surface area contributed by atoms with Crippen molar-refractivity contribution in [1.29, 1.82) is 0 Å². The van der Waals surface area contributed by atoms with Crippen molar-refractivity contribution in [2.75, 3.05) is 5.75 Å². The van der Waals surface area contributed by atoms with Crippen LogP contribution >= 0.6 is 11.8 Å². The molecule has 17 heavy (non-hydrogen) atoms. The Balaban J connectivity index is 2.20. The summed E-state index contributed by atoms with van der Waals surface area (Å²) in [6, 6.07) is 6.88. The molecule has 0 radical (unpaired) electrons. The van der Waals surface area contributed by atoms with Gasteiger partial charge in [-0.3, -0.25) is 15.1 Å². The molecule has 0 saturated carbocycles. The van der Waals surface area contributed by atoms with Crippen molar-refractivity contribution < 1.29 is 4.92 Å². The van der Waals surface area contributed by atoms with Gasteiger partial charge in [0.2, 0.25) is 0 Å². The molecular formula is C12H10N2O2S. The van der Waals surface area contributed by atoms with Crippen molar-refractivity contribution in [3.05, 3.63) is 45.6 Å². The van der Waals surface area contributed by atoms with Crippen LogP contribution in [0.3, 0.4) is 0 Å². The van der Waals surface area contributed by atoms with Gasteiger partial charge in [0.15, 0.2) is 0 Å². The number of aryl methyl sites for hydroxylation is 1. The van der Waals surface area contributed by atoms with Crippen molar-refractivity contribution in [1.82, 2.24) is 4.98 Å². The molecule has 86 valence electrons. The van der Waals surface area contributed by atoms with E-state index in [-0.39, 0.29) is 10.6 Å². The van der Waals surface area contributed by atoms with Crippen molar-refractivity contribution in [2.24, 2.45) is 0 Å². The van der Waals surface area contributed by atoms with E-state index in [1.54, 1.807) is 12.1 Å². The number of rotatable bonds is 1. The van der Waals surface area contributed by atoms with Crippen molar-refractivity contribution >= 4 is 28.4 Å². The van der Waals surface area contributed by atoms with E-state index < -0.39 is 0 Å². The first-order valence-electron chi connectivity index (χ1n) is 5.39. The summed E-state index contributed by atoms with van der Waals surface area (Å²) in [5.41, 5.74) is 3.34. The monoisotopic (exact) mass is 246 g/mol. The highest BCUT2D eigenvalue weighted by molar-refractivity contribution is 7.98. The van der Waals surface area contributed by atoms with Crippen LogP contribution in [0, 0.1) is 10.1 Å². The third-order valence-corrected chi connectivity index (χ3v) is 3.93. The molecule has 5 heteroatoms. The zero-order valence-corrected chi connectivity index (χ0v) is 9.87. The van der Waals surface area contributed by atoms with E-state index in [0.29, 0.717) is 0 Å². The third kappa shape index (κ3) is 1.86. The highest BCUT2D eigenvalue weighted by Gasteiger charge is 2.13. The van der Waals surface area contributed by atoms with Gasteiger partial charge in [0.1, 0.15) is 0 Å². The first-order chi connectivity index (χ1) is 8.24. The predicted octanol–water partition coefficient (Wildman–Crippen LogP) is 2.93. The number of aromatic nitrogens is 1. The maximum Gasteiger partial charge on any atom is 0.270 e. The molecule has 1 aromatic carbocycles. The van der Waals surface area contributed by atoms with Gasteiger partial charge in [-0.1, -0.05) is 0 Å². The Morgan fingerprint density at radius 1 is 1.35 bits per heavy atom. The van der Waals surface area contributed by atoms with Crippen molar-refractivity contribution in [3.63, 3.8) is 0 Å². The quantitative estimate of drug-likeness (QED) is 0.573. The molecule has 1 aliphatic rings. The van der Waals surface area contributed by atoms with Crippen molar-refractivity contribution in [2.45, 2.75) is 12.2 Å². The smallest absolute Gasteiger partial charge is 0.258 e. The van der Waals surface area contributed by atoms with Crippen LogP contribution in [0.25, 0.3) is 10.9 Å². The fourth-order valence-corrected chi connectivity index (χ4v) is 3.01. The summed E-state index contributed by atoms with van der Waals surface area (Å²) in [6.07, 6.45) is 0.993. The maximum atomic E-state index is 10.7. The van der Waals surface area contributed by atoms with Gasteiger partial charge >= 0.3 is 0 Å². The summed E-state index contributed by atoms with van der Waals surface area (Å²) in [4.78, 5) is 14.9. The highest BCUT2D eigenvalue weighted by Crippen LogP contribution is 2.28. The summed E-state index contributed by atoms with van der Waals surface area (Å²) in [7, 11) is 0. The van der Waals surface area contributed by atoms with E-state index in [9.17, 15) is 10.1 Å². The molecule has 2 aromatic rings. The zero-order chi connectivity index (χ0) is 11.8. The second-order valence-electron chi connectivity index (χ2n) is 4.03. The fraction of sp³-hybridized carbons (Fsp3) is 0.250. The number of nitro benzene ring substituents is 1. The molecule has 2 heterocycles. The number of non-ortho nitro benzene ring substituents is 1. The Hall–Kier alpha value is -1.62. The molecule has 0 atom stereocenters. The van der Waals surface area contributed by atoms with E-state index in [1.165, 1.54) is 11.6 Å². The Labute approximate surface area is 102 Å². The molecule has 0 amide bonds. The Bertz CT molecular complexity index is 613. The average molecular weight is 246 g/mol. The fourth-order valence-electron chi connectivity index (χ4n) is 2.05. The third-order valence-electron chi connectivity index (χ3n) is 2.92. The van der Waals surface area contributed by atoms with Crippen LogP contribution < -0.4 is 0 Å². The van der Waals surface area contributed by atoms with Crippen LogP contribution in [-0.2, 0) is 12.2 Å². The topological polar surface area (TPSA) is 56.0 Å². The lowest BCUT2D eigenvalue weighted by molar-refractivity contribution is -0.384. The lowest BCUT2D eigenvalue weighted by Gasteiger charge is -2.14. The molecule has 0 saturated heterocycles. The molecule has 0 unspecified atom stereocenters. The summed E-state index contributed by atoms with van der Waals surface area (Å²) in [5.74, 6) is 2.07. The van der Waals surface area contributed by atoms with Crippen LogP contribution in [0.5, 0.6) is 0 Å². The van der Waals surface area contributed by atoms with Gasteiger partial charge in [0.05, 0.1) is 10.4 Å². The van der Waals surface area contributed by atoms with E-state index in [2.05, 4.69) is 4.98 Å². The average Bonchev–Trinajstić information content (AvgIpc) is 2.35. The van der Waals surface area contributed by atoms with Gasteiger partial charge < -0.3 is 0 Å². The minimum absolute atomic E-state index is 0.128. The molecule has 4 nitrogen and oxygen atoms in total. The van der Waals surface area contributed by atoms with Crippen LogP contribution in [0.1, 0.15) is 11.3 Å². The number of pyridine rings is 1. The van der Waals surface area contributed by atoms with Crippen LogP contribution in [0.4, 0.5) is 5.69 Å². The molecule has 0 fully saturated rings. The summed E-state index contributed by atoms with van der Waals surface area (Å²) in [5, 5.41) is 11.6. The number of nitrogens with zero attached hydrogens (tertiary/aromatic N) is 2. The van der Waals surface area contributed by atoms with Gasteiger partial charge in [-0.05, 0) is 29.9 Å². The molecule has 0 aliphatic carbocycles. The number of fused-ring (bicyclic) bond motifs is 2. The SMILES string of the molecule is O=[N+]([O-])c1ccc2nc3c(cc2c1)CSCC3. The van der Waals surface area contributed by atoms with Crippen molar-refractivity contribution in [3.8, 4) is 0 Å². The van der Waals surface area contributed by atoms with E-state index >= 15 is 0 Å². The molecule has 1 aliphatic heterocycles. The molecule has 1 aromatic heterocycles. The van der Waals surface area contributed by atoms with E-state index in [1.807, 2.05) is 17.8 Å². The van der Waals surface area contributed by atoms with E-state index in [0.717, 1.165) is 34.5 Å². The molecule has 0 bridgehead atoms. The molecular weight excluding hydrogens is 236 g/mol. The summed E-state index contributed by atoms with van der Waals surface area (Å²) < 4.78 is 0. The maximum absolute atomic E-state index is 10.7. The molecule has 3 rings (SSSR count). The predicted molar refractivity (Wildman–Crippen MR) is 68.3 cm³/mol. The molecule has 0 spiro atoms. The minimum Gasteiger partial charge on any atom is -0.258 e.